The van der Waals surface area contributed by atoms with E-state index in [0.29, 0.717) is 51.9 Å². The first-order valence-corrected chi connectivity index (χ1v) is 11.1. The van der Waals surface area contributed by atoms with Crippen LogP contribution in [0.4, 0.5) is 0 Å². The highest BCUT2D eigenvalue weighted by Crippen LogP contribution is 2.49. The van der Waals surface area contributed by atoms with Gasteiger partial charge in [0.2, 0.25) is 11.8 Å². The standard InChI is InChI=1S/C24H23Cl2N3O4/c1-13(30)28-19-11-24(10-14-3-5-15(6-4-14)22(27)31)21(33-2)20(23(32)29(24)12-19)16-7-17(25)9-18(26)8-16/h3-9,19H,10-12H2,1-2H3,(H2,27,31)(H,28,30)/t19-,24?/m0/s1. The first-order valence-electron chi connectivity index (χ1n) is 10.4. The molecule has 2 aliphatic heterocycles. The summed E-state index contributed by atoms with van der Waals surface area (Å²) in [4.78, 5) is 38.6. The Labute approximate surface area is 201 Å². The van der Waals surface area contributed by atoms with E-state index in [9.17, 15) is 14.4 Å². The van der Waals surface area contributed by atoms with Gasteiger partial charge in [-0.25, -0.2) is 0 Å². The van der Waals surface area contributed by atoms with Crippen LogP contribution in [0.1, 0.15) is 34.8 Å². The molecule has 172 valence electrons. The molecular formula is C24H23Cl2N3O4. The molecule has 2 heterocycles. The Morgan fingerprint density at radius 3 is 2.36 bits per heavy atom. The fourth-order valence-electron chi connectivity index (χ4n) is 4.94. The minimum atomic E-state index is -0.822. The lowest BCUT2D eigenvalue weighted by Crippen LogP contribution is -2.45. The van der Waals surface area contributed by atoms with Crippen LogP contribution in [-0.2, 0) is 20.7 Å². The molecule has 0 spiro atoms. The number of rotatable bonds is 6. The number of carbonyl (C=O) groups excluding carboxylic acids is 3. The van der Waals surface area contributed by atoms with E-state index in [0.717, 1.165) is 5.56 Å². The monoisotopic (exact) mass is 487 g/mol. The Bertz CT molecular complexity index is 1160. The van der Waals surface area contributed by atoms with Crippen molar-refractivity contribution in [3.8, 4) is 0 Å². The van der Waals surface area contributed by atoms with E-state index in [2.05, 4.69) is 5.32 Å². The van der Waals surface area contributed by atoms with Crippen molar-refractivity contribution in [1.29, 1.82) is 0 Å². The smallest absolute Gasteiger partial charge is 0.258 e. The Hall–Kier alpha value is -3.03. The number of nitrogens with two attached hydrogens (primary N) is 1. The fourth-order valence-corrected chi connectivity index (χ4v) is 5.46. The van der Waals surface area contributed by atoms with Crippen LogP contribution in [0.25, 0.3) is 5.57 Å². The number of halogens is 2. The van der Waals surface area contributed by atoms with E-state index in [1.807, 2.05) is 12.1 Å². The Balaban J connectivity index is 1.83. The molecule has 3 N–H and O–H groups in total. The van der Waals surface area contributed by atoms with Gasteiger partial charge in [-0.15, -0.1) is 0 Å². The second-order valence-corrected chi connectivity index (χ2v) is 9.23. The summed E-state index contributed by atoms with van der Waals surface area (Å²) in [6.45, 7) is 1.79. The molecule has 1 saturated heterocycles. The molecular weight excluding hydrogens is 465 g/mol. The summed E-state index contributed by atoms with van der Waals surface area (Å²) in [6, 6.07) is 11.7. The van der Waals surface area contributed by atoms with E-state index in [1.165, 1.54) is 14.0 Å². The maximum Gasteiger partial charge on any atom is 0.258 e. The van der Waals surface area contributed by atoms with Crippen molar-refractivity contribution in [2.24, 2.45) is 5.73 Å². The molecule has 3 amide bonds. The lowest BCUT2D eigenvalue weighted by atomic mass is 9.85. The van der Waals surface area contributed by atoms with Crippen molar-refractivity contribution in [2.75, 3.05) is 13.7 Å². The predicted molar refractivity (Wildman–Crippen MR) is 126 cm³/mol. The highest BCUT2D eigenvalue weighted by atomic mass is 35.5. The Morgan fingerprint density at radius 1 is 1.18 bits per heavy atom. The molecule has 2 aliphatic rings. The van der Waals surface area contributed by atoms with E-state index >= 15 is 0 Å². The van der Waals surface area contributed by atoms with E-state index in [1.54, 1.807) is 35.2 Å². The van der Waals surface area contributed by atoms with Crippen LogP contribution in [-0.4, -0.2) is 47.9 Å². The molecule has 4 rings (SSSR count). The average Bonchev–Trinajstić information content (AvgIpc) is 3.18. The summed E-state index contributed by atoms with van der Waals surface area (Å²) in [7, 11) is 1.53. The average molecular weight is 488 g/mol. The second kappa shape index (κ2) is 8.72. The topological polar surface area (TPSA) is 102 Å². The quantitative estimate of drug-likeness (QED) is 0.652. The van der Waals surface area contributed by atoms with E-state index in [-0.39, 0.29) is 17.9 Å². The number of carbonyl (C=O) groups is 3. The normalized spacial score (nSPS) is 21.9. The number of methoxy groups -OCH3 is 1. The van der Waals surface area contributed by atoms with E-state index < -0.39 is 11.4 Å². The molecule has 0 aromatic heterocycles. The number of fused-ring (bicyclic) bond motifs is 1. The highest BCUT2D eigenvalue weighted by Gasteiger charge is 2.58. The minimum absolute atomic E-state index is 0.167. The molecule has 0 aliphatic carbocycles. The molecule has 9 heteroatoms. The highest BCUT2D eigenvalue weighted by molar-refractivity contribution is 6.35. The summed E-state index contributed by atoms with van der Waals surface area (Å²) >= 11 is 12.4. The van der Waals surface area contributed by atoms with Crippen LogP contribution < -0.4 is 11.1 Å². The third kappa shape index (κ3) is 4.18. The summed E-state index contributed by atoms with van der Waals surface area (Å²) < 4.78 is 5.88. The van der Waals surface area contributed by atoms with Gasteiger partial charge in [0.05, 0.1) is 12.7 Å². The van der Waals surface area contributed by atoms with Gasteiger partial charge in [-0.3, -0.25) is 14.4 Å². The molecule has 2 aromatic rings. The van der Waals surface area contributed by atoms with Gasteiger partial charge in [0.1, 0.15) is 11.3 Å². The van der Waals surface area contributed by atoms with Crippen LogP contribution in [0, 0.1) is 0 Å². The number of nitrogens with zero attached hydrogens (tertiary/aromatic N) is 1. The van der Waals surface area contributed by atoms with Crippen molar-refractivity contribution in [3.05, 3.63) is 75.0 Å². The lowest BCUT2D eigenvalue weighted by molar-refractivity contribution is -0.127. The van der Waals surface area contributed by atoms with Gasteiger partial charge < -0.3 is 20.7 Å². The zero-order chi connectivity index (χ0) is 23.9. The third-order valence-electron chi connectivity index (χ3n) is 6.11. The fraction of sp³-hybridized carbons (Fsp3) is 0.292. The van der Waals surface area contributed by atoms with Crippen LogP contribution in [0.2, 0.25) is 10.0 Å². The molecule has 2 aromatic carbocycles. The van der Waals surface area contributed by atoms with Crippen LogP contribution in [0.5, 0.6) is 0 Å². The molecule has 1 unspecified atom stereocenters. The van der Waals surface area contributed by atoms with Crippen LogP contribution >= 0.6 is 23.2 Å². The van der Waals surface area contributed by atoms with Crippen molar-refractivity contribution < 1.29 is 19.1 Å². The SMILES string of the molecule is COC1=C(c2cc(Cl)cc(Cl)c2)C(=O)N2C[C@@H](NC(C)=O)CC12Cc1ccc(C(N)=O)cc1. The first kappa shape index (κ1) is 23.1. The van der Waals surface area contributed by atoms with Gasteiger partial charge in [0, 0.05) is 48.0 Å². The zero-order valence-corrected chi connectivity index (χ0v) is 19.7. The zero-order valence-electron chi connectivity index (χ0n) is 18.2. The lowest BCUT2D eigenvalue weighted by Gasteiger charge is -2.34. The van der Waals surface area contributed by atoms with Gasteiger partial charge in [-0.2, -0.15) is 0 Å². The molecule has 33 heavy (non-hydrogen) atoms. The number of ether oxygens (including phenoxy) is 1. The number of amides is 3. The maximum absolute atomic E-state index is 13.7. The molecule has 0 saturated carbocycles. The Morgan fingerprint density at radius 2 is 1.82 bits per heavy atom. The third-order valence-corrected chi connectivity index (χ3v) is 6.55. The van der Waals surface area contributed by atoms with Crippen molar-refractivity contribution in [1.82, 2.24) is 10.2 Å². The maximum atomic E-state index is 13.7. The van der Waals surface area contributed by atoms with Crippen LogP contribution in [0.15, 0.2) is 48.2 Å². The molecule has 7 nitrogen and oxygen atoms in total. The van der Waals surface area contributed by atoms with Crippen molar-refractivity contribution >= 4 is 46.5 Å². The molecule has 1 fully saturated rings. The van der Waals surface area contributed by atoms with Gasteiger partial charge in [-0.05, 0) is 41.5 Å². The number of hydrogen-bond acceptors (Lipinski definition) is 4. The minimum Gasteiger partial charge on any atom is -0.498 e. The predicted octanol–water partition coefficient (Wildman–Crippen LogP) is 3.18. The van der Waals surface area contributed by atoms with Crippen LogP contribution in [0.3, 0.4) is 0 Å². The number of primary amides is 1. The van der Waals surface area contributed by atoms with E-state index in [4.69, 9.17) is 33.7 Å². The molecule has 0 bridgehead atoms. The van der Waals surface area contributed by atoms with Gasteiger partial charge in [-0.1, -0.05) is 35.3 Å². The van der Waals surface area contributed by atoms with Gasteiger partial charge >= 0.3 is 0 Å². The largest absolute Gasteiger partial charge is 0.498 e. The molecule has 0 radical (unpaired) electrons. The van der Waals surface area contributed by atoms with Gasteiger partial charge in [0.25, 0.3) is 5.91 Å². The van der Waals surface area contributed by atoms with Crippen molar-refractivity contribution in [2.45, 2.75) is 31.3 Å². The number of hydrogen-bond donors (Lipinski definition) is 2. The van der Waals surface area contributed by atoms with Gasteiger partial charge in [0.15, 0.2) is 0 Å². The number of benzene rings is 2. The summed E-state index contributed by atoms with van der Waals surface area (Å²) in [6.07, 6.45) is 0.895. The summed E-state index contributed by atoms with van der Waals surface area (Å²) in [5.41, 5.74) is 6.80. The first-order chi connectivity index (χ1) is 15.6. The molecule has 2 atom stereocenters. The summed E-state index contributed by atoms with van der Waals surface area (Å²) in [5, 5.41) is 3.75. The Kier molecular flexibility index (Phi) is 6.12. The summed E-state index contributed by atoms with van der Waals surface area (Å²) in [5.74, 6) is -0.398. The number of nitrogens with one attached hydrogen (secondary N) is 1. The second-order valence-electron chi connectivity index (χ2n) is 8.35. The van der Waals surface area contributed by atoms with Crippen molar-refractivity contribution in [3.63, 3.8) is 0 Å².